The maximum absolute atomic E-state index is 9.93. The van der Waals surface area contributed by atoms with Crippen LogP contribution in [0.5, 0.6) is 0 Å². The molecule has 9 heavy (non-hydrogen) atoms. The van der Waals surface area contributed by atoms with Gasteiger partial charge in [0.2, 0.25) is 6.41 Å². The molecule has 1 amide bonds. The average Bonchev–Trinajstić information content (AvgIpc) is 1.91. The third-order valence-corrected chi connectivity index (χ3v) is 0.669. The predicted molar refractivity (Wildman–Crippen MR) is 33.3 cm³/mol. The molecule has 0 saturated carbocycles. The number of amides is 1. The van der Waals surface area contributed by atoms with E-state index in [-0.39, 0.29) is 0 Å². The van der Waals surface area contributed by atoms with E-state index in [1.165, 1.54) is 18.5 Å². The monoisotopic (exact) mass is 125 g/mol. The highest BCUT2D eigenvalue weighted by molar-refractivity contribution is 5.65. The van der Waals surface area contributed by atoms with Gasteiger partial charge < -0.3 is 0 Å². The third kappa shape index (κ3) is 3.22. The van der Waals surface area contributed by atoms with E-state index in [1.807, 2.05) is 0 Å². The van der Waals surface area contributed by atoms with Gasteiger partial charge in [-0.15, -0.1) is 0 Å². The Morgan fingerprint density at radius 2 is 2.00 bits per heavy atom. The van der Waals surface area contributed by atoms with Crippen molar-refractivity contribution in [1.82, 2.24) is 4.90 Å². The van der Waals surface area contributed by atoms with Gasteiger partial charge in [0.05, 0.1) is 0 Å². The van der Waals surface area contributed by atoms with Crippen LogP contribution in [0.3, 0.4) is 0 Å². The molecule has 48 valence electrons. The molecule has 0 unspecified atom stereocenters. The van der Waals surface area contributed by atoms with Crippen LogP contribution in [0.15, 0.2) is 25.1 Å². The van der Waals surface area contributed by atoms with Crippen molar-refractivity contribution in [3.63, 3.8) is 0 Å². The Kier molecular flexibility index (Phi) is 4.04. The van der Waals surface area contributed by atoms with Crippen molar-refractivity contribution in [3.05, 3.63) is 25.1 Å². The van der Waals surface area contributed by atoms with Crippen LogP contribution < -0.4 is 0 Å². The third-order valence-electron chi connectivity index (χ3n) is 0.669. The van der Waals surface area contributed by atoms with E-state index in [4.69, 9.17) is 0 Å². The van der Waals surface area contributed by atoms with Crippen molar-refractivity contribution in [3.8, 4) is 0 Å². The quantitative estimate of drug-likeness (QED) is 0.400. The minimum atomic E-state index is 0.549. The molecule has 0 aliphatic heterocycles. The lowest BCUT2D eigenvalue weighted by Gasteiger charge is -1.99. The van der Waals surface area contributed by atoms with Crippen molar-refractivity contribution in [2.45, 2.75) is 0 Å². The standard InChI is InChI=1S/C6H7NO2/c1-2-7(6-9)4-3-5-8/h2-6H,1H2. The smallest absolute Gasteiger partial charge is 0.217 e. The molecule has 0 radical (unpaired) electrons. The number of carbonyl (C=O) groups excluding carboxylic acids is 2. The fourth-order valence-corrected chi connectivity index (χ4v) is 0.274. The highest BCUT2D eigenvalue weighted by Gasteiger charge is 1.82. The van der Waals surface area contributed by atoms with Gasteiger partial charge in [-0.2, -0.15) is 0 Å². The topological polar surface area (TPSA) is 37.4 Å². The number of aldehydes is 1. The SMILES string of the molecule is C=CN(C=O)C=CC=O. The summed E-state index contributed by atoms with van der Waals surface area (Å²) in [6, 6.07) is 0. The second kappa shape index (κ2) is 4.77. The maximum Gasteiger partial charge on any atom is 0.217 e. The van der Waals surface area contributed by atoms with Crippen LogP contribution in [0.25, 0.3) is 0 Å². The second-order valence-electron chi connectivity index (χ2n) is 1.21. The van der Waals surface area contributed by atoms with Crippen molar-refractivity contribution in [2.75, 3.05) is 0 Å². The van der Waals surface area contributed by atoms with Gasteiger partial charge >= 0.3 is 0 Å². The van der Waals surface area contributed by atoms with Crippen LogP contribution in [-0.4, -0.2) is 17.6 Å². The summed E-state index contributed by atoms with van der Waals surface area (Å²) in [4.78, 5) is 20.7. The first-order chi connectivity index (χ1) is 4.35. The Bertz CT molecular complexity index is 132. The van der Waals surface area contributed by atoms with E-state index in [0.717, 1.165) is 4.90 Å². The van der Waals surface area contributed by atoms with E-state index in [1.54, 1.807) is 0 Å². The fourth-order valence-electron chi connectivity index (χ4n) is 0.274. The zero-order valence-electron chi connectivity index (χ0n) is 4.86. The van der Waals surface area contributed by atoms with Crippen LogP contribution in [0.4, 0.5) is 0 Å². The molecule has 0 saturated heterocycles. The van der Waals surface area contributed by atoms with Crippen molar-refractivity contribution in [1.29, 1.82) is 0 Å². The van der Waals surface area contributed by atoms with Gasteiger partial charge in [0.1, 0.15) is 6.29 Å². The molecule has 0 aliphatic rings. The van der Waals surface area contributed by atoms with E-state index in [2.05, 4.69) is 6.58 Å². The summed E-state index contributed by atoms with van der Waals surface area (Å²) >= 11 is 0. The molecule has 0 bridgehead atoms. The summed E-state index contributed by atoms with van der Waals surface area (Å²) in [7, 11) is 0. The van der Waals surface area contributed by atoms with Crippen LogP contribution in [-0.2, 0) is 9.59 Å². The average molecular weight is 125 g/mol. The fraction of sp³-hybridized carbons (Fsp3) is 0. The van der Waals surface area contributed by atoms with E-state index in [9.17, 15) is 9.59 Å². The molecule has 0 aromatic carbocycles. The molecule has 0 rings (SSSR count). The van der Waals surface area contributed by atoms with Gasteiger partial charge in [-0.05, 0) is 6.08 Å². The number of allylic oxidation sites excluding steroid dienone is 1. The van der Waals surface area contributed by atoms with Gasteiger partial charge in [0.25, 0.3) is 0 Å². The molecule has 0 N–H and O–H groups in total. The zero-order valence-corrected chi connectivity index (χ0v) is 4.86. The Hall–Kier alpha value is -1.38. The minimum Gasteiger partial charge on any atom is -0.299 e. The summed E-state index contributed by atoms with van der Waals surface area (Å²) in [5.41, 5.74) is 0. The second-order valence-corrected chi connectivity index (χ2v) is 1.21. The largest absolute Gasteiger partial charge is 0.299 e. The highest BCUT2D eigenvalue weighted by Crippen LogP contribution is 1.81. The maximum atomic E-state index is 9.93. The van der Waals surface area contributed by atoms with Gasteiger partial charge in [-0.3, -0.25) is 14.5 Å². The lowest BCUT2D eigenvalue weighted by molar-refractivity contribution is -0.114. The summed E-state index contributed by atoms with van der Waals surface area (Å²) in [6.45, 7) is 3.31. The summed E-state index contributed by atoms with van der Waals surface area (Å²) in [5.74, 6) is 0. The summed E-state index contributed by atoms with van der Waals surface area (Å²) in [5, 5.41) is 0. The Balaban J connectivity index is 3.80. The molecule has 3 heteroatoms. The predicted octanol–water partition coefficient (Wildman–Crippen LogP) is 0.301. The molecule has 0 aromatic rings. The van der Waals surface area contributed by atoms with Gasteiger partial charge in [0.15, 0.2) is 0 Å². The van der Waals surface area contributed by atoms with Gasteiger partial charge in [-0.1, -0.05) is 6.58 Å². The molecule has 0 aliphatic carbocycles. The first kappa shape index (κ1) is 7.62. The first-order valence-electron chi connectivity index (χ1n) is 2.32. The van der Waals surface area contributed by atoms with Crippen molar-refractivity contribution < 1.29 is 9.59 Å². The summed E-state index contributed by atoms with van der Waals surface area (Å²) in [6.07, 6.45) is 4.95. The van der Waals surface area contributed by atoms with Gasteiger partial charge in [-0.25, -0.2) is 0 Å². The number of hydrogen-bond donors (Lipinski definition) is 0. The Morgan fingerprint density at radius 1 is 1.33 bits per heavy atom. The molecular weight excluding hydrogens is 118 g/mol. The number of hydrogen-bond acceptors (Lipinski definition) is 2. The van der Waals surface area contributed by atoms with Crippen molar-refractivity contribution >= 4 is 12.7 Å². The van der Waals surface area contributed by atoms with E-state index in [0.29, 0.717) is 12.7 Å². The molecule has 0 aromatic heterocycles. The zero-order chi connectivity index (χ0) is 7.11. The minimum absolute atomic E-state index is 0.549. The Morgan fingerprint density at radius 3 is 2.33 bits per heavy atom. The number of rotatable bonds is 4. The van der Waals surface area contributed by atoms with Crippen LogP contribution in [0.1, 0.15) is 0 Å². The summed E-state index contributed by atoms with van der Waals surface area (Å²) < 4.78 is 0. The molecule has 0 spiro atoms. The lowest BCUT2D eigenvalue weighted by Crippen LogP contribution is -2.03. The lowest BCUT2D eigenvalue weighted by atomic mass is 10.6. The molecular formula is C6H7NO2. The van der Waals surface area contributed by atoms with Crippen molar-refractivity contribution in [2.24, 2.45) is 0 Å². The van der Waals surface area contributed by atoms with Crippen LogP contribution in [0.2, 0.25) is 0 Å². The molecule has 0 fully saturated rings. The molecule has 0 heterocycles. The Labute approximate surface area is 53.3 Å². The molecule has 0 atom stereocenters. The molecule has 3 nitrogen and oxygen atoms in total. The van der Waals surface area contributed by atoms with Crippen LogP contribution >= 0.6 is 0 Å². The van der Waals surface area contributed by atoms with Gasteiger partial charge in [0, 0.05) is 12.4 Å². The van der Waals surface area contributed by atoms with E-state index < -0.39 is 0 Å². The normalized spacial score (nSPS) is 8.89. The number of nitrogens with zero attached hydrogens (tertiary/aromatic N) is 1. The van der Waals surface area contributed by atoms with Crippen LogP contribution in [0, 0.1) is 0 Å². The number of carbonyl (C=O) groups is 2. The van der Waals surface area contributed by atoms with E-state index >= 15 is 0 Å². The highest BCUT2D eigenvalue weighted by atomic mass is 16.1. The first-order valence-corrected chi connectivity index (χ1v) is 2.32.